The molecule has 0 fully saturated rings. The lowest BCUT2D eigenvalue weighted by atomic mass is 9.91. The van der Waals surface area contributed by atoms with Gasteiger partial charge in [0.15, 0.2) is 5.78 Å². The van der Waals surface area contributed by atoms with E-state index in [0.717, 1.165) is 10.6 Å². The zero-order chi connectivity index (χ0) is 14.0. The fraction of sp³-hybridized carbons (Fsp3) is 0.357. The third-order valence-electron chi connectivity index (χ3n) is 2.77. The molecule has 0 aliphatic rings. The van der Waals surface area contributed by atoms with E-state index in [-0.39, 0.29) is 17.9 Å². The van der Waals surface area contributed by atoms with Crippen molar-refractivity contribution in [1.29, 1.82) is 0 Å². The van der Waals surface area contributed by atoms with Crippen LogP contribution in [0.5, 0.6) is 0 Å². The lowest BCUT2D eigenvalue weighted by Crippen LogP contribution is -2.32. The SMILES string of the molecule is CC(C)(C)C(=O)Cn1nc(-c2cccs2)ccc1=O. The van der Waals surface area contributed by atoms with Crippen molar-refractivity contribution in [3.05, 3.63) is 40.0 Å². The van der Waals surface area contributed by atoms with E-state index >= 15 is 0 Å². The minimum Gasteiger partial charge on any atom is -0.297 e. The Bertz CT molecular complexity index is 636. The van der Waals surface area contributed by atoms with Crippen LogP contribution in [0.1, 0.15) is 20.8 Å². The van der Waals surface area contributed by atoms with Gasteiger partial charge in [-0.05, 0) is 17.5 Å². The van der Waals surface area contributed by atoms with E-state index in [4.69, 9.17) is 0 Å². The van der Waals surface area contributed by atoms with Gasteiger partial charge in [0.2, 0.25) is 0 Å². The maximum absolute atomic E-state index is 12.0. The van der Waals surface area contributed by atoms with E-state index < -0.39 is 5.41 Å². The van der Waals surface area contributed by atoms with E-state index in [1.165, 1.54) is 10.7 Å². The molecule has 0 aliphatic heterocycles. The molecule has 19 heavy (non-hydrogen) atoms. The Morgan fingerprint density at radius 2 is 2.05 bits per heavy atom. The molecule has 0 atom stereocenters. The Morgan fingerprint density at radius 3 is 2.63 bits per heavy atom. The number of ketones is 1. The molecular weight excluding hydrogens is 260 g/mol. The van der Waals surface area contributed by atoms with Crippen LogP contribution in [0.25, 0.3) is 10.6 Å². The molecule has 0 aromatic carbocycles. The van der Waals surface area contributed by atoms with E-state index in [9.17, 15) is 9.59 Å². The second-order valence-corrected chi connectivity index (χ2v) is 6.31. The lowest BCUT2D eigenvalue weighted by Gasteiger charge is -2.16. The van der Waals surface area contributed by atoms with E-state index in [1.807, 2.05) is 38.3 Å². The molecule has 5 heteroatoms. The number of hydrogen-bond donors (Lipinski definition) is 0. The number of rotatable bonds is 3. The van der Waals surface area contributed by atoms with Crippen LogP contribution >= 0.6 is 11.3 Å². The van der Waals surface area contributed by atoms with E-state index in [1.54, 1.807) is 17.4 Å². The topological polar surface area (TPSA) is 52.0 Å². The first-order valence-corrected chi connectivity index (χ1v) is 6.91. The number of nitrogens with zero attached hydrogens (tertiary/aromatic N) is 2. The van der Waals surface area contributed by atoms with Gasteiger partial charge in [-0.25, -0.2) is 4.68 Å². The van der Waals surface area contributed by atoms with Gasteiger partial charge in [-0.2, -0.15) is 5.10 Å². The predicted octanol–water partition coefficient (Wildman–Crippen LogP) is 2.59. The molecule has 0 radical (unpaired) electrons. The van der Waals surface area contributed by atoms with Gasteiger partial charge in [-0.1, -0.05) is 26.8 Å². The number of Topliss-reactive ketones (excluding diaryl/α,β-unsaturated/α-hetero) is 1. The highest BCUT2D eigenvalue weighted by molar-refractivity contribution is 7.13. The number of aromatic nitrogens is 2. The van der Waals surface area contributed by atoms with Crippen LogP contribution in [0.3, 0.4) is 0 Å². The van der Waals surface area contributed by atoms with Crippen molar-refractivity contribution in [2.45, 2.75) is 27.3 Å². The van der Waals surface area contributed by atoms with Crippen molar-refractivity contribution in [1.82, 2.24) is 9.78 Å². The largest absolute Gasteiger partial charge is 0.297 e. The molecule has 0 N–H and O–H groups in total. The maximum Gasteiger partial charge on any atom is 0.267 e. The summed E-state index contributed by atoms with van der Waals surface area (Å²) in [5.41, 5.74) is -0.00530. The van der Waals surface area contributed by atoms with Gasteiger partial charge in [-0.15, -0.1) is 11.3 Å². The average molecular weight is 276 g/mol. The Kier molecular flexibility index (Phi) is 3.66. The Hall–Kier alpha value is -1.75. The summed E-state index contributed by atoms with van der Waals surface area (Å²) in [5.74, 6) is -0.00886. The quantitative estimate of drug-likeness (QED) is 0.865. The second-order valence-electron chi connectivity index (χ2n) is 5.36. The van der Waals surface area contributed by atoms with Crippen molar-refractivity contribution in [2.75, 3.05) is 0 Å². The molecule has 0 saturated carbocycles. The number of thiophene rings is 1. The van der Waals surface area contributed by atoms with Gasteiger partial charge >= 0.3 is 0 Å². The van der Waals surface area contributed by atoms with E-state index in [2.05, 4.69) is 5.10 Å². The molecule has 0 bridgehead atoms. The second kappa shape index (κ2) is 5.09. The monoisotopic (exact) mass is 276 g/mol. The Balaban J connectivity index is 2.34. The highest BCUT2D eigenvalue weighted by Gasteiger charge is 2.22. The first-order valence-electron chi connectivity index (χ1n) is 6.03. The number of carbonyl (C=O) groups excluding carboxylic acids is 1. The van der Waals surface area contributed by atoms with Crippen molar-refractivity contribution in [3.63, 3.8) is 0 Å². The third-order valence-corrected chi connectivity index (χ3v) is 3.66. The average Bonchev–Trinajstić information content (AvgIpc) is 2.84. The van der Waals surface area contributed by atoms with Gasteiger partial charge in [0, 0.05) is 11.5 Å². The molecule has 2 aromatic rings. The molecule has 100 valence electrons. The third kappa shape index (κ3) is 3.17. The molecule has 4 nitrogen and oxygen atoms in total. The minimum absolute atomic E-state index is 0.00886. The van der Waals surface area contributed by atoms with Crippen molar-refractivity contribution < 1.29 is 4.79 Å². The summed E-state index contributed by atoms with van der Waals surface area (Å²) in [6.07, 6.45) is 0. The normalized spacial score (nSPS) is 11.5. The number of carbonyl (C=O) groups is 1. The molecule has 2 heterocycles. The zero-order valence-electron chi connectivity index (χ0n) is 11.2. The van der Waals surface area contributed by atoms with Crippen LogP contribution in [0.2, 0.25) is 0 Å². The highest BCUT2D eigenvalue weighted by atomic mass is 32.1. The smallest absolute Gasteiger partial charge is 0.267 e. The molecule has 0 spiro atoms. The molecule has 0 amide bonds. The summed E-state index contributed by atoms with van der Waals surface area (Å²) >= 11 is 1.55. The summed E-state index contributed by atoms with van der Waals surface area (Å²) in [5, 5.41) is 6.21. The molecule has 0 aliphatic carbocycles. The van der Waals surface area contributed by atoms with Crippen molar-refractivity contribution >= 4 is 17.1 Å². The summed E-state index contributed by atoms with van der Waals surface area (Å²) in [7, 11) is 0. The van der Waals surface area contributed by atoms with Gasteiger partial charge in [0.25, 0.3) is 5.56 Å². The van der Waals surface area contributed by atoms with Crippen molar-refractivity contribution in [3.8, 4) is 10.6 Å². The van der Waals surface area contributed by atoms with Crippen molar-refractivity contribution in [2.24, 2.45) is 5.41 Å². The fourth-order valence-electron chi connectivity index (χ4n) is 1.49. The first kappa shape index (κ1) is 13.7. The first-order chi connectivity index (χ1) is 8.88. The zero-order valence-corrected chi connectivity index (χ0v) is 12.0. The Morgan fingerprint density at radius 1 is 1.32 bits per heavy atom. The van der Waals surface area contributed by atoms with Crippen LogP contribution in [0, 0.1) is 5.41 Å². The van der Waals surface area contributed by atoms with Gasteiger partial charge in [-0.3, -0.25) is 9.59 Å². The van der Waals surface area contributed by atoms with Gasteiger partial charge in [0.05, 0.1) is 4.88 Å². The summed E-state index contributed by atoms with van der Waals surface area (Å²) in [6, 6.07) is 7.01. The molecular formula is C14H16N2O2S. The fourth-order valence-corrected chi connectivity index (χ4v) is 2.18. The van der Waals surface area contributed by atoms with Crippen LogP contribution < -0.4 is 5.56 Å². The van der Waals surface area contributed by atoms with Crippen LogP contribution in [0.4, 0.5) is 0 Å². The van der Waals surface area contributed by atoms with E-state index in [0.29, 0.717) is 0 Å². The lowest BCUT2D eigenvalue weighted by molar-refractivity contribution is -0.127. The summed E-state index contributed by atoms with van der Waals surface area (Å²) < 4.78 is 1.24. The molecule has 2 rings (SSSR count). The number of hydrogen-bond acceptors (Lipinski definition) is 4. The molecule has 2 aromatic heterocycles. The molecule has 0 saturated heterocycles. The predicted molar refractivity (Wildman–Crippen MR) is 76.3 cm³/mol. The van der Waals surface area contributed by atoms with Crippen LogP contribution in [0.15, 0.2) is 34.4 Å². The molecule has 0 unspecified atom stereocenters. The standard InChI is InChI=1S/C14H16N2O2S/c1-14(2,3)12(17)9-16-13(18)7-6-10(15-16)11-5-4-8-19-11/h4-8H,9H2,1-3H3. The summed E-state index contributed by atoms with van der Waals surface area (Å²) in [6.45, 7) is 5.53. The van der Waals surface area contributed by atoms with Gasteiger partial charge in [0.1, 0.15) is 12.2 Å². The minimum atomic E-state index is -0.472. The van der Waals surface area contributed by atoms with Crippen LogP contribution in [-0.4, -0.2) is 15.6 Å². The van der Waals surface area contributed by atoms with Crippen LogP contribution in [-0.2, 0) is 11.3 Å². The van der Waals surface area contributed by atoms with Gasteiger partial charge < -0.3 is 0 Å². The summed E-state index contributed by atoms with van der Waals surface area (Å²) in [4.78, 5) is 24.7. The maximum atomic E-state index is 12.0. The Labute approximate surface area is 115 Å². The highest BCUT2D eigenvalue weighted by Crippen LogP contribution is 2.21.